The topological polar surface area (TPSA) is 62.3 Å². The van der Waals surface area contributed by atoms with E-state index >= 15 is 0 Å². The molecule has 4 nitrogen and oxygen atoms in total. The van der Waals surface area contributed by atoms with Crippen molar-refractivity contribution in [3.63, 3.8) is 0 Å². The molecule has 0 atom stereocenters. The summed E-state index contributed by atoms with van der Waals surface area (Å²) >= 11 is 3.55. The molecule has 0 spiro atoms. The Bertz CT molecular complexity index is 639. The lowest BCUT2D eigenvalue weighted by Gasteiger charge is -2.04. The first-order valence-corrected chi connectivity index (χ1v) is 7.47. The van der Waals surface area contributed by atoms with Crippen LogP contribution < -0.4 is 0 Å². The molecule has 1 heterocycles. The minimum Gasteiger partial charge on any atom is -0.461 e. The molecule has 1 aromatic carbocycles. The number of ether oxygens (including phenoxy) is 1. The van der Waals surface area contributed by atoms with Crippen molar-refractivity contribution in [3.8, 4) is 0 Å². The van der Waals surface area contributed by atoms with E-state index in [1.54, 1.807) is 6.92 Å². The lowest BCUT2D eigenvalue weighted by Crippen LogP contribution is -2.08. The van der Waals surface area contributed by atoms with Crippen molar-refractivity contribution in [1.82, 2.24) is 4.98 Å². The van der Waals surface area contributed by atoms with E-state index in [2.05, 4.69) is 20.9 Å². The highest BCUT2D eigenvalue weighted by molar-refractivity contribution is 9.10. The fourth-order valence-corrected chi connectivity index (χ4v) is 2.73. The van der Waals surface area contributed by atoms with Crippen molar-refractivity contribution in [3.05, 3.63) is 33.4 Å². The highest BCUT2D eigenvalue weighted by Gasteiger charge is 2.20. The number of hydrogen-bond acceptors (Lipinski definition) is 3. The molecule has 5 heteroatoms. The zero-order valence-electron chi connectivity index (χ0n) is 11.6. The van der Waals surface area contributed by atoms with Gasteiger partial charge in [-0.05, 0) is 53.7 Å². The number of aliphatic hydroxyl groups is 1. The average Bonchev–Trinajstić information content (AvgIpc) is 2.80. The number of benzene rings is 1. The minimum atomic E-state index is -0.346. The van der Waals surface area contributed by atoms with Gasteiger partial charge in [-0.3, -0.25) is 0 Å². The highest BCUT2D eigenvalue weighted by Crippen LogP contribution is 2.32. The highest BCUT2D eigenvalue weighted by atomic mass is 79.9. The van der Waals surface area contributed by atoms with Crippen LogP contribution in [0.3, 0.4) is 0 Å². The van der Waals surface area contributed by atoms with Gasteiger partial charge >= 0.3 is 5.97 Å². The Morgan fingerprint density at radius 1 is 1.50 bits per heavy atom. The van der Waals surface area contributed by atoms with Crippen LogP contribution >= 0.6 is 15.9 Å². The number of fused-ring (bicyclic) bond motifs is 1. The number of rotatable bonds is 5. The maximum absolute atomic E-state index is 12.1. The molecule has 0 unspecified atom stereocenters. The molecule has 0 saturated carbocycles. The third-order valence-electron chi connectivity index (χ3n) is 3.28. The van der Waals surface area contributed by atoms with E-state index in [0.717, 1.165) is 26.5 Å². The standard InChI is InChI=1S/C15H18BrNO3.H2/c1-3-20-15(19)14-10(5-4-8-18)11-7-6-9(2)12(16)13(11)17-14;/h6-7,17-18H,3-5,8H2,1-2H3;1H. The van der Waals surface area contributed by atoms with E-state index < -0.39 is 0 Å². The van der Waals surface area contributed by atoms with Crippen LogP contribution in [0, 0.1) is 6.92 Å². The van der Waals surface area contributed by atoms with Crippen LogP contribution in [0.1, 0.15) is 36.4 Å². The number of halogens is 1. The van der Waals surface area contributed by atoms with Gasteiger partial charge in [0.05, 0.1) is 12.1 Å². The molecule has 0 fully saturated rings. The van der Waals surface area contributed by atoms with Gasteiger partial charge in [0.25, 0.3) is 0 Å². The molecular weight excluding hydrogens is 322 g/mol. The molecule has 0 radical (unpaired) electrons. The van der Waals surface area contributed by atoms with Crippen LogP contribution in [0.25, 0.3) is 10.9 Å². The van der Waals surface area contributed by atoms with Crippen molar-refractivity contribution < 1.29 is 16.1 Å². The SMILES string of the molecule is CCOC(=O)c1[nH]c2c(Br)c(C)ccc2c1CCCO.[HH]. The number of esters is 1. The fourth-order valence-electron chi connectivity index (χ4n) is 2.28. The molecule has 1 aromatic heterocycles. The molecule has 20 heavy (non-hydrogen) atoms. The van der Waals surface area contributed by atoms with Crippen molar-refractivity contribution in [2.45, 2.75) is 26.7 Å². The first kappa shape index (κ1) is 15.1. The van der Waals surface area contributed by atoms with Gasteiger partial charge in [-0.2, -0.15) is 0 Å². The first-order valence-electron chi connectivity index (χ1n) is 6.67. The number of aliphatic hydroxyl groups excluding tert-OH is 1. The van der Waals surface area contributed by atoms with Crippen molar-refractivity contribution in [2.24, 2.45) is 0 Å². The summed E-state index contributed by atoms with van der Waals surface area (Å²) < 4.78 is 6.05. The second-order valence-corrected chi connectivity index (χ2v) is 5.44. The minimum absolute atomic E-state index is 0. The smallest absolute Gasteiger partial charge is 0.355 e. The van der Waals surface area contributed by atoms with Crippen LogP contribution in [-0.2, 0) is 11.2 Å². The second-order valence-electron chi connectivity index (χ2n) is 4.65. The molecule has 0 aliphatic rings. The molecule has 0 aliphatic carbocycles. The van der Waals surface area contributed by atoms with Crippen molar-refractivity contribution in [1.29, 1.82) is 0 Å². The van der Waals surface area contributed by atoms with E-state index in [-0.39, 0.29) is 14.0 Å². The van der Waals surface area contributed by atoms with Gasteiger partial charge in [0, 0.05) is 17.9 Å². The van der Waals surface area contributed by atoms with Gasteiger partial charge in [0.15, 0.2) is 0 Å². The Balaban J connectivity index is 0.00000220. The maximum Gasteiger partial charge on any atom is 0.355 e. The summed E-state index contributed by atoms with van der Waals surface area (Å²) in [6, 6.07) is 4.01. The molecule has 0 aliphatic heterocycles. The van der Waals surface area contributed by atoms with E-state index in [0.29, 0.717) is 25.1 Å². The first-order chi connectivity index (χ1) is 9.60. The molecule has 110 valence electrons. The Hall–Kier alpha value is -1.33. The normalized spacial score (nSPS) is 11.0. The Morgan fingerprint density at radius 3 is 2.90 bits per heavy atom. The van der Waals surface area contributed by atoms with E-state index in [1.807, 2.05) is 19.1 Å². The summed E-state index contributed by atoms with van der Waals surface area (Å²) in [6.45, 7) is 4.23. The van der Waals surface area contributed by atoms with Gasteiger partial charge in [-0.15, -0.1) is 0 Å². The van der Waals surface area contributed by atoms with Gasteiger partial charge in [0.2, 0.25) is 0 Å². The second kappa shape index (κ2) is 6.41. The Morgan fingerprint density at radius 2 is 2.25 bits per heavy atom. The monoisotopic (exact) mass is 341 g/mol. The summed E-state index contributed by atoms with van der Waals surface area (Å²) in [4.78, 5) is 15.2. The van der Waals surface area contributed by atoms with Gasteiger partial charge in [-0.25, -0.2) is 4.79 Å². The summed E-state index contributed by atoms with van der Waals surface area (Å²) in [5, 5.41) is 10.0. The van der Waals surface area contributed by atoms with Crippen LogP contribution in [-0.4, -0.2) is 29.3 Å². The van der Waals surface area contributed by atoms with Crippen molar-refractivity contribution >= 4 is 32.8 Å². The van der Waals surface area contributed by atoms with Gasteiger partial charge in [-0.1, -0.05) is 12.1 Å². The largest absolute Gasteiger partial charge is 0.461 e. The number of H-pyrrole nitrogens is 1. The number of aryl methyl sites for hydroxylation is 2. The lowest BCUT2D eigenvalue weighted by atomic mass is 10.0. The molecule has 2 N–H and O–H groups in total. The number of aromatic nitrogens is 1. The number of aromatic amines is 1. The molecule has 0 bridgehead atoms. The van der Waals surface area contributed by atoms with E-state index in [1.165, 1.54) is 0 Å². The Kier molecular flexibility index (Phi) is 4.83. The average molecular weight is 342 g/mol. The number of hydrogen-bond donors (Lipinski definition) is 2. The zero-order valence-corrected chi connectivity index (χ0v) is 13.2. The Labute approximate surface area is 127 Å². The molecular formula is C15H20BrNO3. The predicted molar refractivity (Wildman–Crippen MR) is 84.2 cm³/mol. The summed E-state index contributed by atoms with van der Waals surface area (Å²) in [6.07, 6.45) is 1.25. The number of carbonyl (C=O) groups is 1. The molecule has 2 rings (SSSR count). The zero-order chi connectivity index (χ0) is 14.7. The van der Waals surface area contributed by atoms with Crippen molar-refractivity contribution in [2.75, 3.05) is 13.2 Å². The quantitative estimate of drug-likeness (QED) is 0.817. The van der Waals surface area contributed by atoms with E-state index in [9.17, 15) is 4.79 Å². The molecule has 0 saturated heterocycles. The predicted octanol–water partition coefficient (Wildman–Crippen LogP) is 3.59. The van der Waals surface area contributed by atoms with Crippen LogP contribution in [0.4, 0.5) is 0 Å². The third-order valence-corrected chi connectivity index (χ3v) is 4.30. The fraction of sp³-hybridized carbons (Fsp3) is 0.400. The third kappa shape index (κ3) is 2.74. The molecule has 2 aromatic rings. The van der Waals surface area contributed by atoms with Crippen LogP contribution in [0.15, 0.2) is 16.6 Å². The summed E-state index contributed by atoms with van der Waals surface area (Å²) in [5.41, 5.74) is 3.40. The number of carbonyl (C=O) groups excluding carboxylic acids is 1. The van der Waals surface area contributed by atoms with Crippen LogP contribution in [0.2, 0.25) is 0 Å². The van der Waals surface area contributed by atoms with Crippen LogP contribution in [0.5, 0.6) is 0 Å². The molecule has 0 amide bonds. The van der Waals surface area contributed by atoms with Gasteiger partial charge < -0.3 is 14.8 Å². The summed E-state index contributed by atoms with van der Waals surface area (Å²) in [7, 11) is 0. The lowest BCUT2D eigenvalue weighted by molar-refractivity contribution is 0.0519. The van der Waals surface area contributed by atoms with E-state index in [4.69, 9.17) is 9.84 Å². The van der Waals surface area contributed by atoms with Gasteiger partial charge in [0.1, 0.15) is 5.69 Å². The number of nitrogens with one attached hydrogen (secondary N) is 1. The summed E-state index contributed by atoms with van der Waals surface area (Å²) in [5.74, 6) is -0.346. The maximum atomic E-state index is 12.1.